The van der Waals surface area contributed by atoms with Crippen LogP contribution in [0.25, 0.3) is 0 Å². The van der Waals surface area contributed by atoms with Gasteiger partial charge in [-0.15, -0.1) is 0 Å². The maximum atomic E-state index is 12.5. The molecule has 0 spiro atoms. The molecule has 1 rings (SSSR count). The van der Waals surface area contributed by atoms with E-state index in [1.165, 1.54) is 0 Å². The minimum absolute atomic E-state index is 0.0911. The number of benzene rings is 1. The topological polar surface area (TPSA) is 105 Å². The Morgan fingerprint density at radius 2 is 1.48 bits per heavy atom. The van der Waals surface area contributed by atoms with Crippen LogP contribution in [-0.4, -0.2) is 35.2 Å². The van der Waals surface area contributed by atoms with E-state index < -0.39 is 30.1 Å². The Morgan fingerprint density at radius 3 is 2.00 bits per heavy atom. The van der Waals surface area contributed by atoms with Crippen LogP contribution in [0.15, 0.2) is 30.3 Å². The number of nitrogens with one attached hydrogen (secondary N) is 2. The predicted octanol–water partition coefficient (Wildman–Crippen LogP) is 2.94. The Morgan fingerprint density at radius 1 is 0.926 bits per heavy atom. The van der Waals surface area contributed by atoms with Crippen molar-refractivity contribution in [2.45, 2.75) is 59.2 Å². The van der Waals surface area contributed by atoms with E-state index in [2.05, 4.69) is 10.6 Å². The van der Waals surface area contributed by atoms with Crippen molar-refractivity contribution in [3.05, 3.63) is 35.9 Å². The van der Waals surface area contributed by atoms with E-state index in [4.69, 9.17) is 4.74 Å². The zero-order valence-electron chi connectivity index (χ0n) is 16.4. The van der Waals surface area contributed by atoms with Crippen molar-refractivity contribution in [2.24, 2.45) is 11.8 Å². The van der Waals surface area contributed by atoms with Crippen LogP contribution < -0.4 is 10.6 Å². The normalized spacial score (nSPS) is 13.1. The summed E-state index contributed by atoms with van der Waals surface area (Å²) in [5.74, 6) is -1.37. The number of ether oxygens (including phenoxy) is 1. The fourth-order valence-corrected chi connectivity index (χ4v) is 2.58. The molecule has 1 unspecified atom stereocenters. The largest absolute Gasteiger partial charge is 0.480 e. The summed E-state index contributed by atoms with van der Waals surface area (Å²) in [6.07, 6.45) is -0.0239. The average Bonchev–Trinajstić information content (AvgIpc) is 2.58. The highest BCUT2D eigenvalue weighted by Crippen LogP contribution is 2.09. The summed E-state index contributed by atoms with van der Waals surface area (Å²) in [6, 6.07) is 7.35. The molecule has 7 nitrogen and oxygen atoms in total. The van der Waals surface area contributed by atoms with Gasteiger partial charge in [-0.2, -0.15) is 0 Å². The van der Waals surface area contributed by atoms with Gasteiger partial charge in [0.1, 0.15) is 18.7 Å². The zero-order valence-corrected chi connectivity index (χ0v) is 16.4. The van der Waals surface area contributed by atoms with Gasteiger partial charge in [-0.3, -0.25) is 4.79 Å². The summed E-state index contributed by atoms with van der Waals surface area (Å²) in [7, 11) is 0. The van der Waals surface area contributed by atoms with Gasteiger partial charge in [0.15, 0.2) is 0 Å². The zero-order chi connectivity index (χ0) is 20.4. The molecule has 150 valence electrons. The smallest absolute Gasteiger partial charge is 0.408 e. The molecule has 0 fully saturated rings. The Hall–Kier alpha value is -2.57. The van der Waals surface area contributed by atoms with Crippen LogP contribution in [-0.2, 0) is 20.9 Å². The van der Waals surface area contributed by atoms with E-state index >= 15 is 0 Å². The number of hydrogen-bond acceptors (Lipinski definition) is 4. The molecule has 0 radical (unpaired) electrons. The Labute approximate surface area is 160 Å². The standard InChI is InChI=1S/C20H30N2O5/c1-13(2)10-16(18(23)21-17(19(24)25)11-14(3)4)22-20(26)27-12-15-8-6-5-7-9-15/h5-9,13-14,16-17H,10-12H2,1-4H3,(H,21,23)(H,22,26)(H,24,25)/t16-,17?/m0/s1. The number of carbonyl (C=O) groups excluding carboxylic acids is 2. The molecule has 0 bridgehead atoms. The van der Waals surface area contributed by atoms with Gasteiger partial charge < -0.3 is 20.5 Å². The molecular formula is C20H30N2O5. The van der Waals surface area contributed by atoms with Crippen LogP contribution in [0.5, 0.6) is 0 Å². The Kier molecular flexibility index (Phi) is 9.33. The van der Waals surface area contributed by atoms with E-state index in [1.54, 1.807) is 0 Å². The monoisotopic (exact) mass is 378 g/mol. The maximum Gasteiger partial charge on any atom is 0.408 e. The molecule has 0 aliphatic heterocycles. The van der Waals surface area contributed by atoms with Crippen molar-refractivity contribution >= 4 is 18.0 Å². The lowest BCUT2D eigenvalue weighted by molar-refractivity contribution is -0.142. The minimum Gasteiger partial charge on any atom is -0.480 e. The molecule has 0 aromatic heterocycles. The summed E-state index contributed by atoms with van der Waals surface area (Å²) < 4.78 is 5.16. The van der Waals surface area contributed by atoms with Crippen LogP contribution in [0.2, 0.25) is 0 Å². The molecule has 0 aliphatic carbocycles. The second kappa shape index (κ2) is 11.2. The molecule has 0 heterocycles. The predicted molar refractivity (Wildman–Crippen MR) is 102 cm³/mol. The van der Waals surface area contributed by atoms with Crippen LogP contribution in [0.3, 0.4) is 0 Å². The summed E-state index contributed by atoms with van der Waals surface area (Å²) >= 11 is 0. The van der Waals surface area contributed by atoms with Crippen molar-refractivity contribution in [3.63, 3.8) is 0 Å². The first-order valence-corrected chi connectivity index (χ1v) is 9.19. The van der Waals surface area contributed by atoms with Gasteiger partial charge in [-0.1, -0.05) is 58.0 Å². The van der Waals surface area contributed by atoms with Gasteiger partial charge in [-0.25, -0.2) is 9.59 Å². The molecule has 1 aromatic rings. The molecule has 27 heavy (non-hydrogen) atoms. The second-order valence-electron chi connectivity index (χ2n) is 7.42. The van der Waals surface area contributed by atoms with E-state index in [1.807, 2.05) is 58.0 Å². The number of carbonyl (C=O) groups is 3. The maximum absolute atomic E-state index is 12.5. The molecule has 7 heteroatoms. The second-order valence-corrected chi connectivity index (χ2v) is 7.42. The van der Waals surface area contributed by atoms with Crippen LogP contribution in [0.1, 0.15) is 46.1 Å². The van der Waals surface area contributed by atoms with Gasteiger partial charge in [0.25, 0.3) is 0 Å². The number of carboxylic acid groups (broad SMARTS) is 1. The molecule has 1 aromatic carbocycles. The van der Waals surface area contributed by atoms with Crippen molar-refractivity contribution in [2.75, 3.05) is 0 Å². The van der Waals surface area contributed by atoms with Crippen LogP contribution >= 0.6 is 0 Å². The number of aliphatic carboxylic acids is 1. The van der Waals surface area contributed by atoms with Crippen LogP contribution in [0, 0.1) is 11.8 Å². The fraction of sp³-hybridized carbons (Fsp3) is 0.550. The average molecular weight is 378 g/mol. The van der Waals surface area contributed by atoms with Crippen molar-refractivity contribution < 1.29 is 24.2 Å². The van der Waals surface area contributed by atoms with Crippen LogP contribution in [0.4, 0.5) is 4.79 Å². The van der Waals surface area contributed by atoms with E-state index in [9.17, 15) is 19.5 Å². The number of amides is 2. The Bertz CT molecular complexity index is 616. The minimum atomic E-state index is -1.09. The molecular weight excluding hydrogens is 348 g/mol. The molecule has 0 aliphatic rings. The lowest BCUT2D eigenvalue weighted by Crippen LogP contribution is -2.52. The highest BCUT2D eigenvalue weighted by Gasteiger charge is 2.28. The van der Waals surface area contributed by atoms with Gasteiger partial charge in [0.05, 0.1) is 0 Å². The third-order valence-corrected chi connectivity index (χ3v) is 3.85. The van der Waals surface area contributed by atoms with E-state index in [-0.39, 0.29) is 18.4 Å². The van der Waals surface area contributed by atoms with Crippen molar-refractivity contribution in [1.82, 2.24) is 10.6 Å². The summed E-state index contributed by atoms with van der Waals surface area (Å²) in [4.78, 5) is 36.0. The number of carboxylic acids is 1. The first-order valence-electron chi connectivity index (χ1n) is 9.19. The summed E-state index contributed by atoms with van der Waals surface area (Å²) in [6.45, 7) is 7.69. The fourth-order valence-electron chi connectivity index (χ4n) is 2.58. The summed E-state index contributed by atoms with van der Waals surface area (Å²) in [5.41, 5.74) is 0.834. The molecule has 2 amide bonds. The van der Waals surface area contributed by atoms with Gasteiger partial charge in [0, 0.05) is 0 Å². The first-order chi connectivity index (χ1) is 12.7. The highest BCUT2D eigenvalue weighted by atomic mass is 16.5. The van der Waals surface area contributed by atoms with Gasteiger partial charge >= 0.3 is 12.1 Å². The Balaban J connectivity index is 2.68. The lowest BCUT2D eigenvalue weighted by Gasteiger charge is -2.23. The van der Waals surface area contributed by atoms with E-state index in [0.29, 0.717) is 12.8 Å². The van der Waals surface area contributed by atoms with Crippen molar-refractivity contribution in [1.29, 1.82) is 0 Å². The third-order valence-electron chi connectivity index (χ3n) is 3.85. The number of rotatable bonds is 10. The van der Waals surface area contributed by atoms with E-state index in [0.717, 1.165) is 5.56 Å². The molecule has 0 saturated carbocycles. The third kappa shape index (κ3) is 9.08. The lowest BCUT2D eigenvalue weighted by atomic mass is 10.0. The first kappa shape index (κ1) is 22.5. The van der Waals surface area contributed by atoms with Crippen molar-refractivity contribution in [3.8, 4) is 0 Å². The molecule has 0 saturated heterocycles. The number of alkyl carbamates (subject to hydrolysis) is 1. The SMILES string of the molecule is CC(C)CC(NC(=O)[C@H](CC(C)C)NC(=O)OCc1ccccc1)C(=O)O. The molecule has 2 atom stereocenters. The summed E-state index contributed by atoms with van der Waals surface area (Å²) in [5, 5.41) is 14.4. The van der Waals surface area contributed by atoms with Gasteiger partial charge in [0.2, 0.25) is 5.91 Å². The van der Waals surface area contributed by atoms with Gasteiger partial charge in [-0.05, 0) is 30.2 Å². The highest BCUT2D eigenvalue weighted by molar-refractivity contribution is 5.89. The number of hydrogen-bond donors (Lipinski definition) is 3. The molecule has 3 N–H and O–H groups in total. The quantitative estimate of drug-likeness (QED) is 0.581.